The Morgan fingerprint density at radius 1 is 0.333 bits per heavy atom. The van der Waals surface area contributed by atoms with Gasteiger partial charge in [0.1, 0.15) is 0 Å². The number of nitrogens with one attached hydrogen (secondary N) is 1. The molecule has 63 heavy (non-hydrogen) atoms. The number of nitrogens with two attached hydrogens (primary N) is 1. The summed E-state index contributed by atoms with van der Waals surface area (Å²) in [6.45, 7) is 9.89. The first kappa shape index (κ1) is 65.6. The van der Waals surface area contributed by atoms with E-state index in [1.807, 2.05) is 0 Å². The van der Waals surface area contributed by atoms with Crippen molar-refractivity contribution in [2.24, 2.45) is 5.73 Å². The van der Waals surface area contributed by atoms with E-state index in [0.29, 0.717) is 12.8 Å². The third kappa shape index (κ3) is 75.0. The van der Waals surface area contributed by atoms with Gasteiger partial charge in [-0.05, 0) is 96.7 Å². The number of carboxylic acids is 2. The first-order chi connectivity index (χ1) is 31.0. The van der Waals surface area contributed by atoms with Gasteiger partial charge >= 0.3 is 11.9 Å². The summed E-state index contributed by atoms with van der Waals surface area (Å²) >= 11 is 0. The lowest BCUT2D eigenvalue weighted by molar-refractivity contribution is -0.138. The summed E-state index contributed by atoms with van der Waals surface area (Å²) in [5.41, 5.74) is 5.47. The molecule has 0 aliphatic carbocycles. The maximum absolute atomic E-state index is 10.3. The number of unbranched alkanes of at least 4 members (excludes halogenated alkanes) is 37. The molecule has 0 fully saturated rings. The van der Waals surface area contributed by atoms with Gasteiger partial charge in [0, 0.05) is 12.8 Å². The quantitative estimate of drug-likeness (QED) is 0.0357. The van der Waals surface area contributed by atoms with Crippen molar-refractivity contribution in [3.63, 3.8) is 0 Å². The molecular formula is C57H114N2O4. The van der Waals surface area contributed by atoms with E-state index in [1.165, 1.54) is 251 Å². The van der Waals surface area contributed by atoms with Crippen LogP contribution < -0.4 is 11.1 Å². The van der Waals surface area contributed by atoms with Gasteiger partial charge in [-0.15, -0.1) is 0 Å². The molecule has 0 aromatic carbocycles. The summed E-state index contributed by atoms with van der Waals surface area (Å²) in [6.07, 6.45) is 66.7. The second-order valence-electron chi connectivity index (χ2n) is 18.7. The molecule has 6 heteroatoms. The molecule has 0 radical (unpaired) electrons. The number of carbonyl (C=O) groups is 2. The van der Waals surface area contributed by atoms with Gasteiger partial charge in [-0.2, -0.15) is 0 Å². The van der Waals surface area contributed by atoms with Crippen molar-refractivity contribution in [1.82, 2.24) is 5.32 Å². The van der Waals surface area contributed by atoms with Crippen molar-refractivity contribution < 1.29 is 19.8 Å². The van der Waals surface area contributed by atoms with Crippen molar-refractivity contribution in [2.75, 3.05) is 19.6 Å². The summed E-state index contributed by atoms with van der Waals surface area (Å²) in [6, 6.07) is 0. The zero-order valence-electron chi connectivity index (χ0n) is 43.0. The number of hydrogen-bond donors (Lipinski definition) is 4. The Kier molecular flexibility index (Phi) is 67.3. The minimum absolute atomic E-state index is 0.332. The van der Waals surface area contributed by atoms with Gasteiger partial charge in [0.05, 0.1) is 0 Å². The topological polar surface area (TPSA) is 113 Å². The number of rotatable bonds is 50. The number of aliphatic carboxylic acids is 2. The van der Waals surface area contributed by atoms with Crippen LogP contribution in [-0.4, -0.2) is 41.8 Å². The lowest BCUT2D eigenvalue weighted by atomic mass is 10.0. The summed E-state index contributed by atoms with van der Waals surface area (Å²) in [5, 5.41) is 20.5. The normalized spacial score (nSPS) is 11.2. The van der Waals surface area contributed by atoms with E-state index in [0.717, 1.165) is 45.2 Å². The highest BCUT2D eigenvalue weighted by Gasteiger charge is 1.98. The minimum atomic E-state index is -0.664. The maximum atomic E-state index is 10.3. The van der Waals surface area contributed by atoms with Gasteiger partial charge in [-0.1, -0.05) is 244 Å². The maximum Gasteiger partial charge on any atom is 0.303 e. The number of allylic oxidation sites excluding steroid dienone is 4. The average molecular weight is 892 g/mol. The highest BCUT2D eigenvalue weighted by Crippen LogP contribution is 2.15. The summed E-state index contributed by atoms with van der Waals surface area (Å²) in [4.78, 5) is 20.6. The molecule has 0 aliphatic heterocycles. The highest BCUT2D eigenvalue weighted by molar-refractivity contribution is 5.66. The van der Waals surface area contributed by atoms with Crippen molar-refractivity contribution in [3.05, 3.63) is 24.3 Å². The number of hydrogen-bond acceptors (Lipinski definition) is 4. The van der Waals surface area contributed by atoms with Crippen LogP contribution in [0.2, 0.25) is 0 Å². The van der Waals surface area contributed by atoms with E-state index in [-0.39, 0.29) is 0 Å². The van der Waals surface area contributed by atoms with Crippen LogP contribution in [0.1, 0.15) is 310 Å². The van der Waals surface area contributed by atoms with E-state index in [2.05, 4.69) is 50.4 Å². The molecule has 0 unspecified atom stereocenters. The van der Waals surface area contributed by atoms with Gasteiger partial charge in [-0.3, -0.25) is 9.59 Å². The third-order valence-corrected chi connectivity index (χ3v) is 12.1. The molecule has 0 aliphatic rings. The molecule has 0 aromatic heterocycles. The van der Waals surface area contributed by atoms with Crippen LogP contribution in [0.5, 0.6) is 0 Å². The van der Waals surface area contributed by atoms with Gasteiger partial charge in [0.25, 0.3) is 0 Å². The van der Waals surface area contributed by atoms with E-state index in [4.69, 9.17) is 15.9 Å². The Balaban J connectivity index is -0.000000860. The Bertz CT molecular complexity index is 821. The van der Waals surface area contributed by atoms with Crippen LogP contribution in [0.15, 0.2) is 24.3 Å². The van der Waals surface area contributed by atoms with Crippen molar-refractivity contribution >= 4 is 11.9 Å². The van der Waals surface area contributed by atoms with Crippen LogP contribution >= 0.6 is 0 Å². The van der Waals surface area contributed by atoms with E-state index >= 15 is 0 Å². The Hall–Kier alpha value is -1.66. The molecule has 5 N–H and O–H groups in total. The predicted molar refractivity (Wildman–Crippen MR) is 280 cm³/mol. The van der Waals surface area contributed by atoms with Crippen LogP contribution in [-0.2, 0) is 9.59 Å². The molecule has 0 bridgehead atoms. The predicted octanol–water partition coefficient (Wildman–Crippen LogP) is 18.4. The Labute approximate surface area is 395 Å². The molecule has 0 amide bonds. The van der Waals surface area contributed by atoms with Crippen LogP contribution in [0.25, 0.3) is 0 Å². The summed E-state index contributed by atoms with van der Waals surface area (Å²) < 4.78 is 0. The van der Waals surface area contributed by atoms with E-state index in [1.54, 1.807) is 0 Å². The van der Waals surface area contributed by atoms with Crippen LogP contribution in [0, 0.1) is 0 Å². The zero-order chi connectivity index (χ0) is 46.6. The van der Waals surface area contributed by atoms with Crippen LogP contribution in [0.4, 0.5) is 0 Å². The van der Waals surface area contributed by atoms with Crippen molar-refractivity contribution in [2.45, 2.75) is 310 Å². The smallest absolute Gasteiger partial charge is 0.303 e. The summed E-state index contributed by atoms with van der Waals surface area (Å²) in [5.74, 6) is -1.33. The molecule has 0 aromatic rings. The molecular weight excluding hydrogens is 777 g/mol. The largest absolute Gasteiger partial charge is 0.481 e. The second kappa shape index (κ2) is 64.6. The SMILES string of the molecule is CCCCCCCCC=CCCCCCCCC(=O)O.CCCCCCCCC=CCCCCCCCC(=O)O.CCCCCCCCCCCCCCCCCCNCCCN. The first-order valence-corrected chi connectivity index (χ1v) is 28.1. The highest BCUT2D eigenvalue weighted by atomic mass is 16.4. The standard InChI is InChI=1S/C21H46N2.2C18H34O2/c1-2-3-4-5-6-7-8-9-10-11-12-13-14-15-16-17-20-23-21-18-19-22;2*1-2-3-4-5-6-7-8-9-10-11-12-13-14-15-16-17-18(19)20/h23H,2-22H2,1H3;2*9-10H,2-8,11-17H2,1H3,(H,19,20). The first-order valence-electron chi connectivity index (χ1n) is 28.1. The summed E-state index contributed by atoms with van der Waals surface area (Å²) in [7, 11) is 0. The van der Waals surface area contributed by atoms with Gasteiger partial charge in [0.2, 0.25) is 0 Å². The third-order valence-electron chi connectivity index (χ3n) is 12.1. The van der Waals surface area contributed by atoms with E-state index in [9.17, 15) is 9.59 Å². The molecule has 6 nitrogen and oxygen atoms in total. The molecule has 0 heterocycles. The molecule has 0 saturated heterocycles. The van der Waals surface area contributed by atoms with Gasteiger partial charge in [-0.25, -0.2) is 0 Å². The Morgan fingerprint density at radius 2 is 0.556 bits per heavy atom. The number of carboxylic acid groups (broad SMARTS) is 2. The lowest BCUT2D eigenvalue weighted by Gasteiger charge is -2.04. The van der Waals surface area contributed by atoms with Gasteiger partial charge < -0.3 is 21.3 Å². The van der Waals surface area contributed by atoms with Gasteiger partial charge in [0.15, 0.2) is 0 Å². The van der Waals surface area contributed by atoms with Crippen LogP contribution in [0.3, 0.4) is 0 Å². The molecule has 0 saturated carbocycles. The Morgan fingerprint density at radius 3 is 0.810 bits per heavy atom. The molecule has 0 atom stereocenters. The minimum Gasteiger partial charge on any atom is -0.481 e. The monoisotopic (exact) mass is 891 g/mol. The fourth-order valence-electron chi connectivity index (χ4n) is 7.84. The molecule has 0 spiro atoms. The second-order valence-corrected chi connectivity index (χ2v) is 18.7. The fraction of sp³-hybridized carbons (Fsp3) is 0.895. The average Bonchev–Trinajstić information content (AvgIpc) is 3.27. The van der Waals surface area contributed by atoms with E-state index < -0.39 is 11.9 Å². The molecule has 0 rings (SSSR count). The fourth-order valence-corrected chi connectivity index (χ4v) is 7.84. The lowest BCUT2D eigenvalue weighted by Crippen LogP contribution is -2.19. The molecule has 376 valence electrons. The zero-order valence-corrected chi connectivity index (χ0v) is 43.0. The van der Waals surface area contributed by atoms with Crippen molar-refractivity contribution in [3.8, 4) is 0 Å². The van der Waals surface area contributed by atoms with Crippen molar-refractivity contribution in [1.29, 1.82) is 0 Å².